The van der Waals surface area contributed by atoms with E-state index < -0.39 is 5.82 Å². The molecule has 0 saturated heterocycles. The van der Waals surface area contributed by atoms with Gasteiger partial charge in [-0.25, -0.2) is 4.39 Å². The number of halogens is 1. The number of hydrogen-bond donors (Lipinski definition) is 2. The van der Waals surface area contributed by atoms with Crippen molar-refractivity contribution in [3.8, 4) is 0 Å². The lowest BCUT2D eigenvalue weighted by Gasteiger charge is -2.22. The van der Waals surface area contributed by atoms with Crippen LogP contribution in [0.3, 0.4) is 0 Å². The minimum atomic E-state index is -0.485. The molecular formula is C12H18FN3O. The van der Waals surface area contributed by atoms with E-state index in [1.165, 1.54) is 18.2 Å². The Labute approximate surface area is 101 Å². The summed E-state index contributed by atoms with van der Waals surface area (Å²) in [5.74, 6) is -0.623. The second-order valence-electron chi connectivity index (χ2n) is 3.97. The molecule has 1 atom stereocenters. The van der Waals surface area contributed by atoms with Gasteiger partial charge in [-0.15, -0.1) is 0 Å². The number of nitrogen functional groups attached to an aromatic ring is 1. The van der Waals surface area contributed by atoms with Crippen LogP contribution in [0.1, 0.15) is 13.8 Å². The number of carbonyl (C=O) groups excluding carboxylic acids is 1. The number of nitrogens with zero attached hydrogens (tertiary/aromatic N) is 1. The number of amides is 1. The van der Waals surface area contributed by atoms with Crippen LogP contribution >= 0.6 is 0 Å². The van der Waals surface area contributed by atoms with E-state index in [2.05, 4.69) is 5.32 Å². The Balaban J connectivity index is 2.71. The Morgan fingerprint density at radius 3 is 2.76 bits per heavy atom. The van der Waals surface area contributed by atoms with Crippen molar-refractivity contribution < 1.29 is 9.18 Å². The second-order valence-corrected chi connectivity index (χ2v) is 3.97. The third kappa shape index (κ3) is 3.42. The number of nitrogens with one attached hydrogen (secondary N) is 1. The Morgan fingerprint density at radius 1 is 1.59 bits per heavy atom. The van der Waals surface area contributed by atoms with Crippen molar-refractivity contribution in [2.75, 3.05) is 24.6 Å². The van der Waals surface area contributed by atoms with Gasteiger partial charge >= 0.3 is 0 Å². The van der Waals surface area contributed by atoms with Crippen molar-refractivity contribution in [3.63, 3.8) is 0 Å². The molecule has 0 spiro atoms. The Hall–Kier alpha value is -1.62. The van der Waals surface area contributed by atoms with Gasteiger partial charge < -0.3 is 11.1 Å². The average molecular weight is 239 g/mol. The highest BCUT2D eigenvalue weighted by Gasteiger charge is 2.16. The van der Waals surface area contributed by atoms with Crippen molar-refractivity contribution in [1.82, 2.24) is 4.90 Å². The number of anilines is 2. The number of nitrogens with two attached hydrogens (primary N) is 1. The zero-order chi connectivity index (χ0) is 13.0. The van der Waals surface area contributed by atoms with Gasteiger partial charge in [0.1, 0.15) is 5.82 Å². The van der Waals surface area contributed by atoms with Gasteiger partial charge in [0, 0.05) is 5.69 Å². The summed E-state index contributed by atoms with van der Waals surface area (Å²) in [5, 5.41) is 2.70. The van der Waals surface area contributed by atoms with E-state index in [0.29, 0.717) is 5.69 Å². The maximum atomic E-state index is 12.9. The van der Waals surface area contributed by atoms with Crippen LogP contribution in [0.4, 0.5) is 15.8 Å². The molecule has 17 heavy (non-hydrogen) atoms. The van der Waals surface area contributed by atoms with Gasteiger partial charge in [-0.1, -0.05) is 6.92 Å². The monoisotopic (exact) mass is 239 g/mol. The topological polar surface area (TPSA) is 58.4 Å². The molecule has 1 aromatic carbocycles. The van der Waals surface area contributed by atoms with Crippen molar-refractivity contribution in [2.24, 2.45) is 0 Å². The number of rotatable bonds is 4. The molecule has 0 heterocycles. The Bertz CT molecular complexity index is 409. The molecule has 0 aliphatic rings. The van der Waals surface area contributed by atoms with E-state index in [9.17, 15) is 9.18 Å². The second kappa shape index (κ2) is 5.63. The average Bonchev–Trinajstić information content (AvgIpc) is 2.31. The first-order valence-corrected chi connectivity index (χ1v) is 5.51. The van der Waals surface area contributed by atoms with Gasteiger partial charge in [-0.3, -0.25) is 9.69 Å². The summed E-state index contributed by atoms with van der Waals surface area (Å²) in [5.41, 5.74) is 5.95. The minimum Gasteiger partial charge on any atom is -0.396 e. The minimum absolute atomic E-state index is 0.0271. The number of likely N-dealkylation sites (N-methyl/N-ethyl adjacent to an activating group) is 1. The summed E-state index contributed by atoms with van der Waals surface area (Å²) in [6.07, 6.45) is 0. The molecule has 94 valence electrons. The highest BCUT2D eigenvalue weighted by Crippen LogP contribution is 2.16. The van der Waals surface area contributed by atoms with Crippen LogP contribution in [0.2, 0.25) is 0 Å². The molecule has 0 saturated carbocycles. The summed E-state index contributed by atoms with van der Waals surface area (Å²) in [4.78, 5) is 13.7. The van der Waals surface area contributed by atoms with Gasteiger partial charge in [0.2, 0.25) is 5.91 Å². The van der Waals surface area contributed by atoms with Crippen LogP contribution < -0.4 is 11.1 Å². The van der Waals surface area contributed by atoms with Gasteiger partial charge in [0.15, 0.2) is 0 Å². The first kappa shape index (κ1) is 13.4. The fourth-order valence-electron chi connectivity index (χ4n) is 1.34. The molecule has 0 aliphatic heterocycles. The maximum Gasteiger partial charge on any atom is 0.241 e. The molecular weight excluding hydrogens is 221 g/mol. The Kier molecular flexibility index (Phi) is 4.45. The van der Waals surface area contributed by atoms with E-state index in [4.69, 9.17) is 5.73 Å². The van der Waals surface area contributed by atoms with Gasteiger partial charge in [0.05, 0.1) is 11.7 Å². The SMILES string of the molecule is CCN(C)C(C)C(=O)Nc1ccc(F)c(N)c1. The predicted octanol–water partition coefficient (Wildman–Crippen LogP) is 1.69. The van der Waals surface area contributed by atoms with Crippen LogP contribution in [0.25, 0.3) is 0 Å². The van der Waals surface area contributed by atoms with Gasteiger partial charge in [-0.2, -0.15) is 0 Å². The highest BCUT2D eigenvalue weighted by molar-refractivity contribution is 5.94. The number of hydrogen-bond acceptors (Lipinski definition) is 3. The predicted molar refractivity (Wildman–Crippen MR) is 67.2 cm³/mol. The first-order valence-electron chi connectivity index (χ1n) is 5.51. The van der Waals surface area contributed by atoms with E-state index in [1.807, 2.05) is 25.8 Å². The van der Waals surface area contributed by atoms with Crippen LogP contribution in [0, 0.1) is 5.82 Å². The highest BCUT2D eigenvalue weighted by atomic mass is 19.1. The van der Waals surface area contributed by atoms with Crippen LogP contribution in [-0.4, -0.2) is 30.4 Å². The fourth-order valence-corrected chi connectivity index (χ4v) is 1.34. The van der Waals surface area contributed by atoms with E-state index in [-0.39, 0.29) is 17.6 Å². The third-order valence-electron chi connectivity index (χ3n) is 2.80. The van der Waals surface area contributed by atoms with Crippen molar-refractivity contribution in [1.29, 1.82) is 0 Å². The lowest BCUT2D eigenvalue weighted by Crippen LogP contribution is -2.39. The molecule has 3 N–H and O–H groups in total. The molecule has 0 aromatic heterocycles. The third-order valence-corrected chi connectivity index (χ3v) is 2.80. The van der Waals surface area contributed by atoms with Gasteiger partial charge in [0.25, 0.3) is 0 Å². The zero-order valence-electron chi connectivity index (χ0n) is 10.3. The van der Waals surface area contributed by atoms with E-state index in [1.54, 1.807) is 0 Å². The largest absolute Gasteiger partial charge is 0.396 e. The van der Waals surface area contributed by atoms with Crippen molar-refractivity contribution in [3.05, 3.63) is 24.0 Å². The fraction of sp³-hybridized carbons (Fsp3) is 0.417. The summed E-state index contributed by atoms with van der Waals surface area (Å²) < 4.78 is 12.9. The maximum absolute atomic E-state index is 12.9. The van der Waals surface area contributed by atoms with E-state index >= 15 is 0 Å². The molecule has 0 aliphatic carbocycles. The lowest BCUT2D eigenvalue weighted by atomic mass is 10.2. The van der Waals surface area contributed by atoms with E-state index in [0.717, 1.165) is 6.54 Å². The molecule has 0 bridgehead atoms. The molecule has 1 unspecified atom stereocenters. The Morgan fingerprint density at radius 2 is 2.24 bits per heavy atom. The summed E-state index contributed by atoms with van der Waals surface area (Å²) in [6, 6.07) is 3.89. The first-order chi connectivity index (χ1) is 7.95. The van der Waals surface area contributed by atoms with Gasteiger partial charge in [-0.05, 0) is 38.7 Å². The summed E-state index contributed by atoms with van der Waals surface area (Å²) >= 11 is 0. The summed E-state index contributed by atoms with van der Waals surface area (Å²) in [6.45, 7) is 4.56. The molecule has 1 aromatic rings. The zero-order valence-corrected chi connectivity index (χ0v) is 10.3. The standard InChI is InChI=1S/C12H18FN3O/c1-4-16(3)8(2)12(17)15-9-5-6-10(13)11(14)7-9/h5-8H,4,14H2,1-3H3,(H,15,17). The van der Waals surface area contributed by atoms with Crippen molar-refractivity contribution >= 4 is 17.3 Å². The lowest BCUT2D eigenvalue weighted by molar-refractivity contribution is -0.120. The normalized spacial score (nSPS) is 12.5. The molecule has 4 nitrogen and oxygen atoms in total. The molecule has 1 amide bonds. The molecule has 0 fully saturated rings. The molecule has 1 rings (SSSR count). The van der Waals surface area contributed by atoms with Crippen molar-refractivity contribution in [2.45, 2.75) is 19.9 Å². The van der Waals surface area contributed by atoms with Crippen LogP contribution in [0.15, 0.2) is 18.2 Å². The molecule has 5 heteroatoms. The smallest absolute Gasteiger partial charge is 0.241 e. The molecule has 0 radical (unpaired) electrons. The summed E-state index contributed by atoms with van der Waals surface area (Å²) in [7, 11) is 1.86. The quantitative estimate of drug-likeness (QED) is 0.786. The number of carbonyl (C=O) groups is 1. The van der Waals surface area contributed by atoms with Crippen LogP contribution in [-0.2, 0) is 4.79 Å². The number of benzene rings is 1. The van der Waals surface area contributed by atoms with Crippen LogP contribution in [0.5, 0.6) is 0 Å².